The first-order chi connectivity index (χ1) is 9.08. The number of nitrogens with one attached hydrogen (secondary N) is 1. The average Bonchev–Trinajstić information content (AvgIpc) is 2.41. The number of carbonyl (C=O) groups is 2. The molecule has 5 nitrogen and oxygen atoms in total. The summed E-state index contributed by atoms with van der Waals surface area (Å²) in [4.78, 5) is 24.8. The number of hydrogen-bond donors (Lipinski definition) is 2. The molecule has 0 bridgehead atoms. The Morgan fingerprint density at radius 2 is 2.05 bits per heavy atom. The monoisotopic (exact) mass is 326 g/mol. The summed E-state index contributed by atoms with van der Waals surface area (Å²) < 4.78 is 0.953. The van der Waals surface area contributed by atoms with Crippen molar-refractivity contribution in [2.24, 2.45) is 0 Å². The smallest absolute Gasteiger partial charge is 0.327 e. The molecule has 1 atom stereocenters. The van der Waals surface area contributed by atoms with E-state index in [4.69, 9.17) is 5.11 Å². The fourth-order valence-corrected chi connectivity index (χ4v) is 2.37. The number of carbonyl (C=O) groups excluding carboxylic acids is 1. The molecule has 102 valence electrons. The molecular formula is C13H15BrN2O3. The first-order valence-corrected chi connectivity index (χ1v) is 6.84. The highest BCUT2D eigenvalue weighted by molar-refractivity contribution is 9.10. The van der Waals surface area contributed by atoms with Gasteiger partial charge in [-0.25, -0.2) is 4.79 Å². The number of carboxylic acid groups (broad SMARTS) is 1. The number of rotatable bonds is 3. The minimum Gasteiger partial charge on any atom is -0.480 e. The molecule has 6 heteroatoms. The minimum absolute atomic E-state index is 0.142. The van der Waals surface area contributed by atoms with Gasteiger partial charge in [0.15, 0.2) is 0 Å². The number of hydrogen-bond acceptors (Lipinski definition) is 3. The van der Waals surface area contributed by atoms with Crippen LogP contribution in [-0.2, 0) is 16.0 Å². The van der Waals surface area contributed by atoms with Crippen LogP contribution in [0.2, 0.25) is 0 Å². The van der Waals surface area contributed by atoms with Gasteiger partial charge in [-0.15, -0.1) is 0 Å². The molecule has 1 amide bonds. The lowest BCUT2D eigenvalue weighted by molar-refractivity contribution is -0.150. The Morgan fingerprint density at radius 1 is 1.37 bits per heavy atom. The van der Waals surface area contributed by atoms with Crippen molar-refractivity contribution in [3.63, 3.8) is 0 Å². The van der Waals surface area contributed by atoms with E-state index in [9.17, 15) is 9.59 Å². The van der Waals surface area contributed by atoms with Gasteiger partial charge >= 0.3 is 5.97 Å². The van der Waals surface area contributed by atoms with E-state index in [-0.39, 0.29) is 12.3 Å². The molecule has 0 spiro atoms. The lowest BCUT2D eigenvalue weighted by Crippen LogP contribution is -2.57. The molecule has 1 aromatic carbocycles. The molecule has 1 unspecified atom stereocenters. The fraction of sp³-hybridized carbons (Fsp3) is 0.385. The first-order valence-electron chi connectivity index (χ1n) is 6.05. The van der Waals surface area contributed by atoms with Gasteiger partial charge in [0, 0.05) is 24.1 Å². The predicted octanol–water partition coefficient (Wildman–Crippen LogP) is 0.877. The van der Waals surface area contributed by atoms with Gasteiger partial charge in [0.2, 0.25) is 5.91 Å². The van der Waals surface area contributed by atoms with Crippen LogP contribution in [0.1, 0.15) is 5.56 Å². The van der Waals surface area contributed by atoms with E-state index in [2.05, 4.69) is 21.2 Å². The summed E-state index contributed by atoms with van der Waals surface area (Å²) in [6.45, 7) is 1.38. The van der Waals surface area contributed by atoms with Crippen molar-refractivity contribution in [2.45, 2.75) is 12.5 Å². The van der Waals surface area contributed by atoms with E-state index >= 15 is 0 Å². The Balaban J connectivity index is 2.05. The van der Waals surface area contributed by atoms with E-state index in [1.54, 1.807) is 0 Å². The topological polar surface area (TPSA) is 69.6 Å². The lowest BCUT2D eigenvalue weighted by atomic mass is 10.1. The van der Waals surface area contributed by atoms with Crippen molar-refractivity contribution < 1.29 is 14.7 Å². The van der Waals surface area contributed by atoms with E-state index < -0.39 is 12.0 Å². The van der Waals surface area contributed by atoms with Crippen molar-refractivity contribution >= 4 is 27.8 Å². The molecule has 1 saturated heterocycles. The van der Waals surface area contributed by atoms with Gasteiger partial charge in [-0.05, 0) is 17.7 Å². The van der Waals surface area contributed by atoms with Crippen molar-refractivity contribution in [2.75, 3.05) is 19.6 Å². The molecule has 1 heterocycles. The SMILES string of the molecule is O=C(O)C1CNCCN1C(=O)Cc1ccc(Br)cc1. The summed E-state index contributed by atoms with van der Waals surface area (Å²) in [5, 5.41) is 12.1. The van der Waals surface area contributed by atoms with E-state index in [0.717, 1.165) is 10.0 Å². The zero-order valence-corrected chi connectivity index (χ0v) is 11.9. The molecule has 0 saturated carbocycles. The third-order valence-corrected chi connectivity index (χ3v) is 3.65. The van der Waals surface area contributed by atoms with Gasteiger partial charge < -0.3 is 15.3 Å². The Morgan fingerprint density at radius 3 is 2.68 bits per heavy atom. The van der Waals surface area contributed by atoms with Crippen LogP contribution in [0.15, 0.2) is 28.7 Å². The zero-order valence-electron chi connectivity index (χ0n) is 10.3. The first kappa shape index (κ1) is 14.0. The third kappa shape index (κ3) is 3.54. The van der Waals surface area contributed by atoms with Crippen molar-refractivity contribution in [1.29, 1.82) is 0 Å². The summed E-state index contributed by atoms with van der Waals surface area (Å²) in [5.41, 5.74) is 0.885. The number of halogens is 1. The maximum Gasteiger partial charge on any atom is 0.327 e. The van der Waals surface area contributed by atoms with Crippen molar-refractivity contribution in [3.8, 4) is 0 Å². The van der Waals surface area contributed by atoms with Crippen LogP contribution < -0.4 is 5.32 Å². The Kier molecular flexibility index (Phi) is 4.55. The highest BCUT2D eigenvalue weighted by atomic mass is 79.9. The highest BCUT2D eigenvalue weighted by Gasteiger charge is 2.31. The lowest BCUT2D eigenvalue weighted by Gasteiger charge is -2.33. The molecule has 1 aliphatic heterocycles. The number of nitrogens with zero attached hydrogens (tertiary/aromatic N) is 1. The van der Waals surface area contributed by atoms with Gasteiger partial charge in [0.25, 0.3) is 0 Å². The van der Waals surface area contributed by atoms with Crippen LogP contribution >= 0.6 is 15.9 Å². The van der Waals surface area contributed by atoms with Crippen molar-refractivity contribution in [3.05, 3.63) is 34.3 Å². The second-order valence-corrected chi connectivity index (χ2v) is 5.36. The number of amides is 1. The number of carboxylic acids is 1. The number of aliphatic carboxylic acids is 1. The summed E-state index contributed by atoms with van der Waals surface area (Å²) in [5.74, 6) is -1.10. The molecule has 0 aliphatic carbocycles. The quantitative estimate of drug-likeness (QED) is 0.865. The van der Waals surface area contributed by atoms with Crippen LogP contribution in [0.3, 0.4) is 0 Å². The molecular weight excluding hydrogens is 312 g/mol. The summed E-state index contributed by atoms with van der Waals surface area (Å²) in [6, 6.07) is 6.70. The van der Waals surface area contributed by atoms with Crippen LogP contribution in [0.25, 0.3) is 0 Å². The van der Waals surface area contributed by atoms with Gasteiger partial charge in [0.05, 0.1) is 6.42 Å². The Hall–Kier alpha value is -1.40. The largest absolute Gasteiger partial charge is 0.480 e. The Labute approximate surface area is 119 Å². The summed E-state index contributed by atoms with van der Waals surface area (Å²) in [6.07, 6.45) is 0.233. The number of piperazine rings is 1. The molecule has 1 fully saturated rings. The van der Waals surface area contributed by atoms with E-state index in [0.29, 0.717) is 19.6 Å². The normalized spacial score (nSPS) is 19.2. The Bertz CT molecular complexity index is 475. The van der Waals surface area contributed by atoms with Crippen LogP contribution in [0, 0.1) is 0 Å². The second kappa shape index (κ2) is 6.16. The maximum atomic E-state index is 12.2. The molecule has 0 radical (unpaired) electrons. The maximum absolute atomic E-state index is 12.2. The standard InChI is InChI=1S/C13H15BrN2O3/c14-10-3-1-9(2-4-10)7-12(17)16-6-5-15-8-11(16)13(18)19/h1-4,11,15H,5-8H2,(H,18,19). The fourth-order valence-electron chi connectivity index (χ4n) is 2.10. The third-order valence-electron chi connectivity index (χ3n) is 3.12. The second-order valence-electron chi connectivity index (χ2n) is 4.45. The zero-order chi connectivity index (χ0) is 13.8. The molecule has 2 N–H and O–H groups in total. The van der Waals surface area contributed by atoms with Crippen LogP contribution in [0.5, 0.6) is 0 Å². The summed E-state index contributed by atoms with van der Waals surface area (Å²) in [7, 11) is 0. The highest BCUT2D eigenvalue weighted by Crippen LogP contribution is 2.13. The van der Waals surface area contributed by atoms with Gasteiger partial charge in [-0.3, -0.25) is 4.79 Å². The molecule has 2 rings (SSSR count). The molecule has 19 heavy (non-hydrogen) atoms. The summed E-state index contributed by atoms with van der Waals surface area (Å²) >= 11 is 3.34. The van der Waals surface area contributed by atoms with Crippen LogP contribution in [0.4, 0.5) is 0 Å². The minimum atomic E-state index is -0.962. The van der Waals surface area contributed by atoms with Gasteiger partial charge in [-0.1, -0.05) is 28.1 Å². The predicted molar refractivity (Wildman–Crippen MR) is 73.9 cm³/mol. The van der Waals surface area contributed by atoms with E-state index in [1.807, 2.05) is 24.3 Å². The molecule has 1 aliphatic rings. The molecule has 1 aromatic rings. The average molecular weight is 327 g/mol. The van der Waals surface area contributed by atoms with Gasteiger partial charge in [0.1, 0.15) is 6.04 Å². The number of benzene rings is 1. The van der Waals surface area contributed by atoms with Crippen LogP contribution in [-0.4, -0.2) is 47.6 Å². The van der Waals surface area contributed by atoms with Crippen molar-refractivity contribution in [1.82, 2.24) is 10.2 Å². The van der Waals surface area contributed by atoms with Gasteiger partial charge in [-0.2, -0.15) is 0 Å². The van der Waals surface area contributed by atoms with E-state index in [1.165, 1.54) is 4.90 Å². The molecule has 0 aromatic heterocycles.